The lowest BCUT2D eigenvalue weighted by molar-refractivity contribution is -0.438. The van der Waals surface area contributed by atoms with Crippen molar-refractivity contribution in [1.29, 1.82) is 0 Å². The number of allylic oxidation sites excluding steroid dienone is 4. The smallest absolute Gasteiger partial charge is 0.335 e. The standard InChI is InChI=1S/C32H40N2O2/c1-7-9-20-33-26-15-12-11-14-24(26)31(3,4)28(33)16-13-17-29-32(5,6)25-22-23(30(35)36)18-19-27(25)34(29)21-10-8-2/h11-19,22H,7-10,20-21H2,1-6H3/p+1. The summed E-state index contributed by atoms with van der Waals surface area (Å²) in [5, 5.41) is 9.59. The first kappa shape index (κ1) is 25.9. The summed E-state index contributed by atoms with van der Waals surface area (Å²) in [5.74, 6) is -0.877. The van der Waals surface area contributed by atoms with Crippen molar-refractivity contribution in [3.63, 3.8) is 0 Å². The topological polar surface area (TPSA) is 43.5 Å². The summed E-state index contributed by atoms with van der Waals surface area (Å²) in [7, 11) is 0. The third kappa shape index (κ3) is 4.42. The lowest BCUT2D eigenvalue weighted by Crippen LogP contribution is -2.28. The number of carbonyl (C=O) groups is 1. The second kappa shape index (κ2) is 10.1. The predicted molar refractivity (Wildman–Crippen MR) is 150 cm³/mol. The van der Waals surface area contributed by atoms with Crippen LogP contribution in [0.4, 0.5) is 11.4 Å². The maximum absolute atomic E-state index is 11.7. The van der Waals surface area contributed by atoms with E-state index in [4.69, 9.17) is 0 Å². The van der Waals surface area contributed by atoms with Gasteiger partial charge in [0.25, 0.3) is 0 Å². The van der Waals surface area contributed by atoms with Gasteiger partial charge in [0.05, 0.1) is 11.0 Å². The Balaban J connectivity index is 1.76. The van der Waals surface area contributed by atoms with E-state index >= 15 is 0 Å². The zero-order valence-corrected chi connectivity index (χ0v) is 22.8. The number of unbranched alkanes of at least 4 members (excludes halogenated alkanes) is 2. The van der Waals surface area contributed by atoms with Crippen LogP contribution in [0.1, 0.15) is 88.7 Å². The van der Waals surface area contributed by atoms with Crippen molar-refractivity contribution >= 4 is 23.1 Å². The van der Waals surface area contributed by atoms with Gasteiger partial charge in [0, 0.05) is 47.5 Å². The SMILES string of the molecule is CCCCN1C(=CC=CC2=[N+](CCCC)c3ccccc3C2(C)C)C(C)(C)c2cc(C(=O)O)ccc21. The highest BCUT2D eigenvalue weighted by molar-refractivity contribution is 6.03. The lowest BCUT2D eigenvalue weighted by Gasteiger charge is -2.27. The number of nitrogens with zero attached hydrogens (tertiary/aromatic N) is 2. The molecule has 0 spiro atoms. The minimum absolute atomic E-state index is 0.0637. The van der Waals surface area contributed by atoms with Crippen LogP contribution in [0.2, 0.25) is 0 Å². The van der Waals surface area contributed by atoms with E-state index < -0.39 is 5.97 Å². The van der Waals surface area contributed by atoms with Gasteiger partial charge in [0.1, 0.15) is 6.54 Å². The third-order valence-electron chi connectivity index (χ3n) is 7.92. The van der Waals surface area contributed by atoms with Gasteiger partial charge >= 0.3 is 5.97 Å². The number of fused-ring (bicyclic) bond motifs is 2. The molecule has 36 heavy (non-hydrogen) atoms. The molecule has 0 amide bonds. The molecule has 2 aliphatic rings. The number of aromatic carboxylic acids is 1. The van der Waals surface area contributed by atoms with Gasteiger partial charge in [-0.3, -0.25) is 0 Å². The normalized spacial score (nSPS) is 18.8. The Hall–Kier alpha value is -3.14. The van der Waals surface area contributed by atoms with Crippen LogP contribution in [0.3, 0.4) is 0 Å². The number of anilines is 1. The van der Waals surface area contributed by atoms with Gasteiger partial charge < -0.3 is 10.0 Å². The fourth-order valence-electron chi connectivity index (χ4n) is 5.79. The zero-order chi connectivity index (χ0) is 26.1. The number of para-hydroxylation sites is 1. The number of carboxylic acid groups (broad SMARTS) is 1. The fraction of sp³-hybridized carbons (Fsp3) is 0.438. The van der Waals surface area contributed by atoms with E-state index in [9.17, 15) is 9.90 Å². The largest absolute Gasteiger partial charge is 0.478 e. The molecule has 0 radical (unpaired) electrons. The fourth-order valence-corrected chi connectivity index (χ4v) is 5.79. The Morgan fingerprint density at radius 3 is 2.39 bits per heavy atom. The Morgan fingerprint density at radius 2 is 1.69 bits per heavy atom. The number of hydrogen-bond donors (Lipinski definition) is 1. The Bertz CT molecular complexity index is 1250. The molecule has 0 saturated heterocycles. The Kier molecular flexibility index (Phi) is 7.26. The number of benzene rings is 2. The van der Waals surface area contributed by atoms with Crippen LogP contribution in [-0.2, 0) is 10.8 Å². The summed E-state index contributed by atoms with van der Waals surface area (Å²) in [6.45, 7) is 15.5. The zero-order valence-electron chi connectivity index (χ0n) is 22.8. The Morgan fingerprint density at radius 1 is 0.972 bits per heavy atom. The first-order valence-corrected chi connectivity index (χ1v) is 13.4. The summed E-state index contributed by atoms with van der Waals surface area (Å²) in [4.78, 5) is 14.1. The molecule has 0 aromatic heterocycles. The quantitative estimate of drug-likeness (QED) is 0.372. The van der Waals surface area contributed by atoms with Crippen molar-refractivity contribution in [3.8, 4) is 0 Å². The third-order valence-corrected chi connectivity index (χ3v) is 7.92. The van der Waals surface area contributed by atoms with E-state index in [1.165, 1.54) is 22.7 Å². The molecule has 4 rings (SSSR count). The molecule has 2 aromatic rings. The van der Waals surface area contributed by atoms with Gasteiger partial charge in [-0.2, -0.15) is 4.58 Å². The van der Waals surface area contributed by atoms with E-state index in [0.29, 0.717) is 5.56 Å². The molecule has 0 aliphatic carbocycles. The van der Waals surface area contributed by atoms with Crippen LogP contribution in [0.25, 0.3) is 0 Å². The lowest BCUT2D eigenvalue weighted by atomic mass is 9.81. The van der Waals surface area contributed by atoms with Crippen molar-refractivity contribution in [2.45, 2.75) is 78.1 Å². The monoisotopic (exact) mass is 485 g/mol. The molecule has 0 atom stereocenters. The molecule has 4 nitrogen and oxygen atoms in total. The van der Waals surface area contributed by atoms with Gasteiger partial charge in [-0.05, 0) is 50.1 Å². The minimum Gasteiger partial charge on any atom is -0.478 e. The van der Waals surface area contributed by atoms with Gasteiger partial charge in [-0.25, -0.2) is 4.79 Å². The number of rotatable bonds is 9. The molecule has 0 fully saturated rings. The molecular weight excluding hydrogens is 444 g/mol. The highest BCUT2D eigenvalue weighted by Crippen LogP contribution is 2.48. The maximum atomic E-state index is 11.7. The molecule has 190 valence electrons. The Labute approximate surface area is 216 Å². The van der Waals surface area contributed by atoms with Crippen LogP contribution >= 0.6 is 0 Å². The average molecular weight is 486 g/mol. The average Bonchev–Trinajstić information content (AvgIpc) is 3.20. The van der Waals surface area contributed by atoms with E-state index in [2.05, 4.69) is 93.5 Å². The van der Waals surface area contributed by atoms with Gasteiger partial charge in [-0.15, -0.1) is 0 Å². The second-order valence-electron chi connectivity index (χ2n) is 11.1. The van der Waals surface area contributed by atoms with Crippen molar-refractivity contribution in [1.82, 2.24) is 0 Å². The first-order chi connectivity index (χ1) is 17.1. The molecule has 2 aliphatic heterocycles. The van der Waals surface area contributed by atoms with Crippen molar-refractivity contribution in [2.75, 3.05) is 18.0 Å². The minimum atomic E-state index is -0.877. The molecule has 2 aromatic carbocycles. The second-order valence-corrected chi connectivity index (χ2v) is 11.1. The van der Waals surface area contributed by atoms with E-state index in [0.717, 1.165) is 50.0 Å². The van der Waals surface area contributed by atoms with Gasteiger partial charge in [0.15, 0.2) is 5.71 Å². The maximum Gasteiger partial charge on any atom is 0.335 e. The van der Waals surface area contributed by atoms with E-state index in [-0.39, 0.29) is 10.8 Å². The van der Waals surface area contributed by atoms with Gasteiger partial charge in [-0.1, -0.05) is 64.8 Å². The summed E-state index contributed by atoms with van der Waals surface area (Å²) in [5.41, 5.74) is 7.48. The van der Waals surface area contributed by atoms with Crippen LogP contribution in [0.5, 0.6) is 0 Å². The molecule has 4 heteroatoms. The summed E-state index contributed by atoms with van der Waals surface area (Å²) < 4.78 is 2.50. The van der Waals surface area contributed by atoms with Crippen molar-refractivity contribution < 1.29 is 14.5 Å². The molecule has 1 N–H and O–H groups in total. The summed E-state index contributed by atoms with van der Waals surface area (Å²) in [6, 6.07) is 14.4. The van der Waals surface area contributed by atoms with E-state index in [1.54, 1.807) is 6.07 Å². The molecular formula is C32H41N2O2+. The molecule has 0 bridgehead atoms. The highest BCUT2D eigenvalue weighted by Gasteiger charge is 2.44. The summed E-state index contributed by atoms with van der Waals surface area (Å²) in [6.07, 6.45) is 11.3. The van der Waals surface area contributed by atoms with Crippen molar-refractivity contribution in [3.05, 3.63) is 83.1 Å². The van der Waals surface area contributed by atoms with E-state index in [1.807, 2.05) is 12.1 Å². The summed E-state index contributed by atoms with van der Waals surface area (Å²) >= 11 is 0. The van der Waals surface area contributed by atoms with Crippen LogP contribution in [-0.4, -0.2) is 34.5 Å². The molecule has 0 unspecified atom stereocenters. The van der Waals surface area contributed by atoms with Crippen LogP contribution in [0.15, 0.2) is 66.4 Å². The number of carboxylic acids is 1. The predicted octanol–water partition coefficient (Wildman–Crippen LogP) is 7.60. The first-order valence-electron chi connectivity index (χ1n) is 13.4. The van der Waals surface area contributed by atoms with Crippen LogP contribution < -0.4 is 4.90 Å². The highest BCUT2D eigenvalue weighted by atomic mass is 16.4. The molecule has 2 heterocycles. The number of hydrogen-bond acceptors (Lipinski definition) is 2. The van der Waals surface area contributed by atoms with Gasteiger partial charge in [0.2, 0.25) is 5.69 Å². The van der Waals surface area contributed by atoms with Crippen molar-refractivity contribution in [2.24, 2.45) is 0 Å². The van der Waals surface area contributed by atoms with Crippen LogP contribution in [0, 0.1) is 0 Å². The molecule has 0 saturated carbocycles.